The van der Waals surface area contributed by atoms with Gasteiger partial charge in [-0.15, -0.1) is 0 Å². The van der Waals surface area contributed by atoms with Crippen molar-refractivity contribution in [1.29, 1.82) is 0 Å². The van der Waals surface area contributed by atoms with Crippen molar-refractivity contribution in [3.63, 3.8) is 0 Å². The van der Waals surface area contributed by atoms with Crippen LogP contribution in [0.2, 0.25) is 0 Å². The number of halogens is 3. The third-order valence-electron chi connectivity index (χ3n) is 2.04. The summed E-state index contributed by atoms with van der Waals surface area (Å²) in [6.45, 7) is 0. The molecule has 0 spiro atoms. The third kappa shape index (κ3) is 6.95. The van der Waals surface area contributed by atoms with Crippen LogP contribution < -0.4 is 15.2 Å². The predicted molar refractivity (Wildman–Crippen MR) is 67.1 cm³/mol. The van der Waals surface area contributed by atoms with E-state index in [1.807, 2.05) is 4.72 Å². The fraction of sp³-hybridized carbons (Fsp3) is 0.300. The maximum Gasteiger partial charge on any atom is 0.389 e. The van der Waals surface area contributed by atoms with Crippen LogP contribution in [0.1, 0.15) is 12.8 Å². The topological polar surface area (TPSA) is 101 Å². The first-order chi connectivity index (χ1) is 9.05. The molecule has 0 fully saturated rings. The fourth-order valence-electron chi connectivity index (χ4n) is 1.30. The maximum absolute atomic E-state index is 11.9. The van der Waals surface area contributed by atoms with Gasteiger partial charge in [0.1, 0.15) is 0 Å². The molecule has 0 radical (unpaired) electrons. The van der Waals surface area contributed by atoms with E-state index >= 15 is 0 Å². The first-order valence-electron chi connectivity index (χ1n) is 5.32. The van der Waals surface area contributed by atoms with E-state index in [9.17, 15) is 26.4 Å². The van der Waals surface area contributed by atoms with Gasteiger partial charge in [-0.05, 0) is 18.2 Å². The van der Waals surface area contributed by atoms with Crippen LogP contribution in [0, 0.1) is 0 Å². The van der Waals surface area contributed by atoms with E-state index in [1.165, 1.54) is 24.3 Å². The van der Waals surface area contributed by atoms with Gasteiger partial charge in [-0.2, -0.15) is 21.6 Å². The van der Waals surface area contributed by atoms with Crippen molar-refractivity contribution in [1.82, 2.24) is 0 Å². The van der Waals surface area contributed by atoms with E-state index < -0.39 is 35.1 Å². The molecule has 0 saturated heterocycles. The first kappa shape index (κ1) is 16.2. The van der Waals surface area contributed by atoms with Crippen LogP contribution in [0.5, 0.6) is 0 Å². The lowest BCUT2D eigenvalue weighted by Gasteiger charge is -2.09. The van der Waals surface area contributed by atoms with Crippen molar-refractivity contribution in [3.05, 3.63) is 24.3 Å². The molecule has 0 aliphatic rings. The van der Waals surface area contributed by atoms with Gasteiger partial charge in [0.2, 0.25) is 5.91 Å². The number of rotatable bonds is 5. The highest BCUT2D eigenvalue weighted by Crippen LogP contribution is 2.22. The molecule has 1 rings (SSSR count). The van der Waals surface area contributed by atoms with Crippen molar-refractivity contribution in [2.45, 2.75) is 19.0 Å². The van der Waals surface area contributed by atoms with E-state index in [1.54, 1.807) is 0 Å². The number of amides is 1. The second kappa shape index (κ2) is 6.09. The van der Waals surface area contributed by atoms with Gasteiger partial charge in [-0.1, -0.05) is 6.07 Å². The molecule has 4 N–H and O–H groups in total. The summed E-state index contributed by atoms with van der Waals surface area (Å²) in [5.41, 5.74) is 0.243. The number of hydrogen-bond acceptors (Lipinski definition) is 3. The van der Waals surface area contributed by atoms with E-state index in [4.69, 9.17) is 5.14 Å². The summed E-state index contributed by atoms with van der Waals surface area (Å²) in [6.07, 6.45) is -6.35. The number of benzene rings is 1. The summed E-state index contributed by atoms with van der Waals surface area (Å²) in [6, 6.07) is 5.42. The van der Waals surface area contributed by atoms with Gasteiger partial charge in [0.15, 0.2) is 0 Å². The number of carbonyl (C=O) groups is 1. The lowest BCUT2D eigenvalue weighted by atomic mass is 10.2. The van der Waals surface area contributed by atoms with Gasteiger partial charge in [0.25, 0.3) is 10.2 Å². The number of nitrogens with two attached hydrogens (primary N) is 1. The van der Waals surface area contributed by atoms with Gasteiger partial charge in [-0.3, -0.25) is 9.52 Å². The molecule has 112 valence electrons. The van der Waals surface area contributed by atoms with Crippen LogP contribution in [0.4, 0.5) is 24.5 Å². The van der Waals surface area contributed by atoms with E-state index in [-0.39, 0.29) is 11.4 Å². The lowest BCUT2D eigenvalue weighted by Crippen LogP contribution is -2.22. The minimum Gasteiger partial charge on any atom is -0.326 e. The number of anilines is 2. The van der Waals surface area contributed by atoms with Gasteiger partial charge in [-0.25, -0.2) is 5.14 Å². The SMILES string of the molecule is NS(=O)(=O)Nc1cccc(NC(=O)CCC(F)(F)F)c1. The second-order valence-electron chi connectivity index (χ2n) is 3.89. The minimum atomic E-state index is -4.41. The Morgan fingerprint density at radius 3 is 2.40 bits per heavy atom. The zero-order valence-corrected chi connectivity index (χ0v) is 10.9. The van der Waals surface area contributed by atoms with Crippen LogP contribution in [0.3, 0.4) is 0 Å². The number of alkyl halides is 3. The van der Waals surface area contributed by atoms with E-state index in [0.717, 1.165) is 0 Å². The molecular weight excluding hydrogens is 299 g/mol. The normalized spacial score (nSPS) is 12.0. The number of hydrogen-bond donors (Lipinski definition) is 3. The van der Waals surface area contributed by atoms with Crippen molar-refractivity contribution >= 4 is 27.5 Å². The Balaban J connectivity index is 2.64. The van der Waals surface area contributed by atoms with Crippen molar-refractivity contribution in [3.8, 4) is 0 Å². The Kier molecular flexibility index (Phi) is 4.95. The molecule has 1 amide bonds. The monoisotopic (exact) mass is 311 g/mol. The van der Waals surface area contributed by atoms with Gasteiger partial charge < -0.3 is 5.32 Å². The standard InChI is InChI=1S/C10H12F3N3O3S/c11-10(12,13)5-4-9(17)15-7-2-1-3-8(6-7)16-20(14,18)19/h1-3,6,16H,4-5H2,(H,15,17)(H2,14,18,19). The molecule has 1 aromatic rings. The fourth-order valence-corrected chi connectivity index (χ4v) is 1.76. The molecule has 0 aliphatic heterocycles. The van der Waals surface area contributed by atoms with Gasteiger partial charge in [0, 0.05) is 12.1 Å². The van der Waals surface area contributed by atoms with Crippen LogP contribution in [-0.2, 0) is 15.0 Å². The summed E-state index contributed by atoms with van der Waals surface area (Å²) >= 11 is 0. The third-order valence-corrected chi connectivity index (χ3v) is 2.56. The van der Waals surface area contributed by atoms with Crippen LogP contribution in [0.25, 0.3) is 0 Å². The van der Waals surface area contributed by atoms with Crippen LogP contribution in [-0.4, -0.2) is 20.5 Å². The average Bonchev–Trinajstić information content (AvgIpc) is 2.23. The molecular formula is C10H12F3N3O3S. The average molecular weight is 311 g/mol. The second-order valence-corrected chi connectivity index (χ2v) is 5.19. The summed E-state index contributed by atoms with van der Waals surface area (Å²) in [5.74, 6) is -0.824. The number of carbonyl (C=O) groups excluding carboxylic acids is 1. The minimum absolute atomic E-state index is 0.0844. The molecule has 20 heavy (non-hydrogen) atoms. The van der Waals surface area contributed by atoms with Gasteiger partial charge in [0.05, 0.1) is 12.1 Å². The molecule has 6 nitrogen and oxygen atoms in total. The molecule has 1 aromatic carbocycles. The van der Waals surface area contributed by atoms with Crippen LogP contribution >= 0.6 is 0 Å². The molecule has 0 aliphatic carbocycles. The Labute approximate surface area is 113 Å². The molecule has 0 bridgehead atoms. The van der Waals surface area contributed by atoms with Gasteiger partial charge >= 0.3 is 6.18 Å². The highest BCUT2D eigenvalue weighted by atomic mass is 32.2. The molecule has 0 saturated carbocycles. The zero-order chi connectivity index (χ0) is 15.4. The summed E-state index contributed by atoms with van der Waals surface area (Å²) in [5, 5.41) is 6.99. The summed E-state index contributed by atoms with van der Waals surface area (Å²) in [7, 11) is -3.96. The van der Waals surface area contributed by atoms with Crippen LogP contribution in [0.15, 0.2) is 24.3 Å². The van der Waals surface area contributed by atoms with Crippen molar-refractivity contribution < 1.29 is 26.4 Å². The Morgan fingerprint density at radius 1 is 1.25 bits per heavy atom. The zero-order valence-electron chi connectivity index (χ0n) is 10.1. The smallest absolute Gasteiger partial charge is 0.326 e. The first-order valence-corrected chi connectivity index (χ1v) is 6.87. The summed E-state index contributed by atoms with van der Waals surface area (Å²) < 4.78 is 59.4. The largest absolute Gasteiger partial charge is 0.389 e. The van der Waals surface area contributed by atoms with E-state index in [2.05, 4.69) is 5.32 Å². The number of nitrogens with one attached hydrogen (secondary N) is 2. The quantitative estimate of drug-likeness (QED) is 0.769. The van der Waals surface area contributed by atoms with Crippen molar-refractivity contribution in [2.75, 3.05) is 10.0 Å². The highest BCUT2D eigenvalue weighted by molar-refractivity contribution is 7.90. The predicted octanol–water partition coefficient (Wildman–Crippen LogP) is 1.58. The lowest BCUT2D eigenvalue weighted by molar-refractivity contribution is -0.142. The maximum atomic E-state index is 11.9. The summed E-state index contributed by atoms with van der Waals surface area (Å²) in [4.78, 5) is 11.3. The Hall–Kier alpha value is -1.81. The molecule has 0 aromatic heterocycles. The molecule has 0 unspecified atom stereocenters. The Morgan fingerprint density at radius 2 is 1.85 bits per heavy atom. The molecule has 0 atom stereocenters. The van der Waals surface area contributed by atoms with Crippen molar-refractivity contribution in [2.24, 2.45) is 5.14 Å². The molecule has 0 heterocycles. The highest BCUT2D eigenvalue weighted by Gasteiger charge is 2.27. The molecule has 10 heteroatoms. The Bertz CT molecular complexity index is 587. The van der Waals surface area contributed by atoms with E-state index in [0.29, 0.717) is 0 Å².